The highest BCUT2D eigenvalue weighted by Crippen LogP contribution is 2.04. The van der Waals surface area contributed by atoms with Gasteiger partial charge in [-0.3, -0.25) is 4.79 Å². The summed E-state index contributed by atoms with van der Waals surface area (Å²) in [5.74, 6) is 0.277. The second kappa shape index (κ2) is 12.2. The predicted octanol–water partition coefficient (Wildman–Crippen LogP) is 2.96. The van der Waals surface area contributed by atoms with E-state index in [1.54, 1.807) is 0 Å². The van der Waals surface area contributed by atoms with E-state index in [-0.39, 0.29) is 24.4 Å². The minimum atomic E-state index is 0. The lowest BCUT2D eigenvalue weighted by Gasteiger charge is -2.22. The molecule has 0 aliphatic rings. The van der Waals surface area contributed by atoms with Gasteiger partial charge in [0.2, 0.25) is 5.91 Å². The zero-order valence-corrected chi connectivity index (χ0v) is 12.4. The van der Waals surface area contributed by atoms with Crippen LogP contribution in [0.15, 0.2) is 0 Å². The molecule has 0 saturated heterocycles. The van der Waals surface area contributed by atoms with Gasteiger partial charge in [-0.1, -0.05) is 26.7 Å². The first-order valence-corrected chi connectivity index (χ1v) is 6.65. The van der Waals surface area contributed by atoms with Crippen molar-refractivity contribution < 1.29 is 4.79 Å². The Morgan fingerprint density at radius 2 is 1.65 bits per heavy atom. The predicted molar refractivity (Wildman–Crippen MR) is 76.5 cm³/mol. The van der Waals surface area contributed by atoms with E-state index in [1.165, 1.54) is 0 Å². The van der Waals surface area contributed by atoms with Crippen molar-refractivity contribution in [3.05, 3.63) is 0 Å². The summed E-state index contributed by atoms with van der Waals surface area (Å²) in [5.41, 5.74) is 5.67. The normalized spacial score (nSPS) is 11.8. The van der Waals surface area contributed by atoms with Crippen LogP contribution in [0.5, 0.6) is 0 Å². The highest BCUT2D eigenvalue weighted by atomic mass is 35.5. The van der Waals surface area contributed by atoms with Crippen molar-refractivity contribution >= 4 is 18.3 Å². The second-order valence-corrected chi connectivity index (χ2v) is 4.60. The summed E-state index contributed by atoms with van der Waals surface area (Å²) < 4.78 is 0. The summed E-state index contributed by atoms with van der Waals surface area (Å²) in [6.07, 6.45) is 5.90. The third kappa shape index (κ3) is 10.6. The number of hydrogen-bond acceptors (Lipinski definition) is 2. The number of halogens is 1. The van der Waals surface area contributed by atoms with Gasteiger partial charge in [0, 0.05) is 25.6 Å². The number of hydrogen-bond donors (Lipinski definition) is 1. The van der Waals surface area contributed by atoms with Crippen molar-refractivity contribution in [1.82, 2.24) is 4.90 Å². The van der Waals surface area contributed by atoms with E-state index < -0.39 is 0 Å². The Hall–Kier alpha value is -0.280. The Morgan fingerprint density at radius 1 is 1.18 bits per heavy atom. The van der Waals surface area contributed by atoms with Gasteiger partial charge in [0.15, 0.2) is 0 Å². The molecule has 0 aliphatic heterocycles. The van der Waals surface area contributed by atoms with Gasteiger partial charge in [-0.15, -0.1) is 12.4 Å². The number of nitrogens with two attached hydrogens (primary N) is 1. The van der Waals surface area contributed by atoms with Crippen molar-refractivity contribution in [1.29, 1.82) is 0 Å². The number of amides is 1. The first-order chi connectivity index (χ1) is 7.61. The zero-order chi connectivity index (χ0) is 12.4. The summed E-state index contributed by atoms with van der Waals surface area (Å²) >= 11 is 0. The van der Waals surface area contributed by atoms with Crippen LogP contribution in [0.3, 0.4) is 0 Å². The van der Waals surface area contributed by atoms with E-state index in [4.69, 9.17) is 5.73 Å². The van der Waals surface area contributed by atoms with Gasteiger partial charge >= 0.3 is 0 Å². The van der Waals surface area contributed by atoms with Gasteiger partial charge in [-0.2, -0.15) is 0 Å². The van der Waals surface area contributed by atoms with Gasteiger partial charge < -0.3 is 10.6 Å². The Morgan fingerprint density at radius 3 is 2.00 bits per heavy atom. The molecule has 0 bridgehead atoms. The van der Waals surface area contributed by atoms with Crippen LogP contribution in [-0.2, 0) is 4.79 Å². The second-order valence-electron chi connectivity index (χ2n) is 4.60. The summed E-state index contributed by atoms with van der Waals surface area (Å²) in [5, 5.41) is 0. The van der Waals surface area contributed by atoms with Crippen LogP contribution in [0.2, 0.25) is 0 Å². The molecular formula is C13H29ClN2O. The summed E-state index contributed by atoms with van der Waals surface area (Å²) in [6.45, 7) is 8.09. The maximum Gasteiger partial charge on any atom is 0.222 e. The van der Waals surface area contributed by atoms with Crippen LogP contribution in [0.4, 0.5) is 0 Å². The lowest BCUT2D eigenvalue weighted by molar-refractivity contribution is -0.131. The summed E-state index contributed by atoms with van der Waals surface area (Å²) in [4.78, 5) is 13.9. The van der Waals surface area contributed by atoms with Gasteiger partial charge in [0.25, 0.3) is 0 Å². The largest absolute Gasteiger partial charge is 0.343 e. The summed E-state index contributed by atoms with van der Waals surface area (Å²) in [6, 6.07) is 0.128. The number of nitrogens with zero attached hydrogens (tertiary/aromatic N) is 1. The van der Waals surface area contributed by atoms with Crippen molar-refractivity contribution in [2.45, 2.75) is 65.3 Å². The van der Waals surface area contributed by atoms with Gasteiger partial charge in [-0.25, -0.2) is 0 Å². The molecule has 4 heteroatoms. The molecule has 0 aromatic rings. The molecule has 0 radical (unpaired) electrons. The Bertz CT molecular complexity index is 178. The molecule has 1 amide bonds. The highest BCUT2D eigenvalue weighted by molar-refractivity contribution is 5.85. The molecule has 1 atom stereocenters. The molecule has 0 saturated carbocycles. The van der Waals surface area contributed by atoms with Crippen molar-refractivity contribution in [3.63, 3.8) is 0 Å². The minimum Gasteiger partial charge on any atom is -0.343 e. The van der Waals surface area contributed by atoms with Crippen molar-refractivity contribution in [2.24, 2.45) is 5.73 Å². The van der Waals surface area contributed by atoms with Crippen LogP contribution in [0.25, 0.3) is 0 Å². The van der Waals surface area contributed by atoms with Crippen LogP contribution in [0.1, 0.15) is 59.3 Å². The number of rotatable bonds is 9. The van der Waals surface area contributed by atoms with Crippen LogP contribution in [-0.4, -0.2) is 29.9 Å². The Labute approximate surface area is 113 Å². The van der Waals surface area contributed by atoms with E-state index in [0.29, 0.717) is 6.42 Å². The number of carbonyl (C=O) groups is 1. The fourth-order valence-corrected chi connectivity index (χ4v) is 1.57. The van der Waals surface area contributed by atoms with E-state index in [2.05, 4.69) is 13.8 Å². The average molecular weight is 265 g/mol. The Kier molecular flexibility index (Phi) is 13.7. The quantitative estimate of drug-likeness (QED) is 0.696. The topological polar surface area (TPSA) is 46.3 Å². The molecule has 1 unspecified atom stereocenters. The first kappa shape index (κ1) is 19.1. The molecule has 104 valence electrons. The van der Waals surface area contributed by atoms with Crippen LogP contribution in [0, 0.1) is 0 Å². The summed E-state index contributed by atoms with van der Waals surface area (Å²) in [7, 11) is 0. The standard InChI is InChI=1S/C13H28N2O.ClH/c1-4-6-10-15(11-7-5-2)13(16)9-8-12(3)14;/h12H,4-11,14H2,1-3H3;1H. The molecular weight excluding hydrogens is 236 g/mol. The smallest absolute Gasteiger partial charge is 0.222 e. The maximum absolute atomic E-state index is 11.9. The molecule has 3 nitrogen and oxygen atoms in total. The molecule has 0 fully saturated rings. The molecule has 0 spiro atoms. The van der Waals surface area contributed by atoms with E-state index >= 15 is 0 Å². The minimum absolute atomic E-state index is 0. The van der Waals surface area contributed by atoms with Crippen molar-refractivity contribution in [3.8, 4) is 0 Å². The average Bonchev–Trinajstić information content (AvgIpc) is 2.26. The van der Waals surface area contributed by atoms with Gasteiger partial charge in [0.05, 0.1) is 0 Å². The molecule has 0 aromatic heterocycles. The molecule has 17 heavy (non-hydrogen) atoms. The van der Waals surface area contributed by atoms with E-state index in [9.17, 15) is 4.79 Å². The van der Waals surface area contributed by atoms with Crippen molar-refractivity contribution in [2.75, 3.05) is 13.1 Å². The zero-order valence-electron chi connectivity index (χ0n) is 11.6. The van der Waals surface area contributed by atoms with Crippen LogP contribution < -0.4 is 5.73 Å². The SMILES string of the molecule is CCCCN(CCCC)C(=O)CCC(C)N.Cl. The molecule has 0 rings (SSSR count). The highest BCUT2D eigenvalue weighted by Gasteiger charge is 2.12. The fourth-order valence-electron chi connectivity index (χ4n) is 1.57. The van der Waals surface area contributed by atoms with E-state index in [1.807, 2.05) is 11.8 Å². The monoisotopic (exact) mass is 264 g/mol. The fraction of sp³-hybridized carbons (Fsp3) is 0.923. The van der Waals surface area contributed by atoms with E-state index in [0.717, 1.165) is 45.2 Å². The van der Waals surface area contributed by atoms with Gasteiger partial charge in [-0.05, 0) is 26.2 Å². The lowest BCUT2D eigenvalue weighted by atomic mass is 10.1. The number of unbranched alkanes of at least 4 members (excludes halogenated alkanes) is 2. The van der Waals surface area contributed by atoms with Crippen LogP contribution >= 0.6 is 12.4 Å². The number of carbonyl (C=O) groups excluding carboxylic acids is 1. The maximum atomic E-state index is 11.9. The van der Waals surface area contributed by atoms with Gasteiger partial charge in [0.1, 0.15) is 0 Å². The molecule has 0 aliphatic carbocycles. The Balaban J connectivity index is 0. The third-order valence-electron chi connectivity index (χ3n) is 2.73. The molecule has 0 heterocycles. The molecule has 0 aromatic carbocycles. The third-order valence-corrected chi connectivity index (χ3v) is 2.73. The molecule has 2 N–H and O–H groups in total. The lowest BCUT2D eigenvalue weighted by Crippen LogP contribution is -2.33. The first-order valence-electron chi connectivity index (χ1n) is 6.65.